The van der Waals surface area contributed by atoms with Gasteiger partial charge in [0.05, 0.1) is 0 Å². The Morgan fingerprint density at radius 2 is 2.00 bits per heavy atom. The Hall–Kier alpha value is 0.340. The van der Waals surface area contributed by atoms with Gasteiger partial charge in [-0.1, -0.05) is 15.9 Å². The van der Waals surface area contributed by atoms with Gasteiger partial charge in [0.15, 0.2) is 0 Å². The van der Waals surface area contributed by atoms with E-state index in [4.69, 9.17) is 0 Å². The predicted octanol–water partition coefficient (Wildman–Crippen LogP) is 2.67. The van der Waals surface area contributed by atoms with E-state index in [-0.39, 0.29) is 5.92 Å². The molecule has 0 aromatic rings. The molecule has 0 amide bonds. The van der Waals surface area contributed by atoms with Crippen molar-refractivity contribution in [2.45, 2.75) is 19.3 Å². The quantitative estimate of drug-likeness (QED) is 0.599. The maximum absolute atomic E-state index is 11.8. The third kappa shape index (κ3) is 1.63. The summed E-state index contributed by atoms with van der Waals surface area (Å²) in [6.07, 6.45) is -0.661. The zero-order valence-electron chi connectivity index (χ0n) is 4.99. The first-order chi connectivity index (χ1) is 4.24. The Kier molecular flexibility index (Phi) is 2.44. The summed E-state index contributed by atoms with van der Waals surface area (Å²) in [5.41, 5.74) is 0. The van der Waals surface area contributed by atoms with Crippen LogP contribution in [0.1, 0.15) is 12.8 Å². The van der Waals surface area contributed by atoms with Crippen LogP contribution in [0.15, 0.2) is 0 Å². The molecule has 0 N–H and O–H groups in total. The second-order valence-corrected chi connectivity index (χ2v) is 3.23. The lowest BCUT2D eigenvalue weighted by Crippen LogP contribution is -2.29. The van der Waals surface area contributed by atoms with Crippen molar-refractivity contribution in [3.63, 3.8) is 0 Å². The molecule has 9 heavy (non-hydrogen) atoms. The SMILES string of the molecule is FC(F)C1CC(CBr)C1. The van der Waals surface area contributed by atoms with E-state index in [0.29, 0.717) is 18.8 Å². The van der Waals surface area contributed by atoms with Gasteiger partial charge < -0.3 is 0 Å². The average molecular weight is 199 g/mol. The lowest BCUT2D eigenvalue weighted by atomic mass is 9.76. The van der Waals surface area contributed by atoms with Crippen molar-refractivity contribution in [2.24, 2.45) is 11.8 Å². The minimum Gasteiger partial charge on any atom is -0.210 e. The first kappa shape index (κ1) is 7.45. The molecule has 0 bridgehead atoms. The summed E-state index contributed by atoms with van der Waals surface area (Å²) in [5.74, 6) is 0.219. The summed E-state index contributed by atoms with van der Waals surface area (Å²) in [5, 5.41) is 0.885. The molecule has 1 fully saturated rings. The van der Waals surface area contributed by atoms with Crippen molar-refractivity contribution < 1.29 is 8.78 Å². The molecule has 0 aromatic heterocycles. The zero-order valence-corrected chi connectivity index (χ0v) is 6.57. The Bertz CT molecular complexity index is 89.1. The summed E-state index contributed by atoms with van der Waals surface area (Å²) >= 11 is 3.26. The predicted molar refractivity (Wildman–Crippen MR) is 36.0 cm³/mol. The fraction of sp³-hybridized carbons (Fsp3) is 1.00. The Labute approximate surface area is 61.8 Å². The van der Waals surface area contributed by atoms with E-state index in [0.717, 1.165) is 5.33 Å². The van der Waals surface area contributed by atoms with Crippen LogP contribution >= 0.6 is 15.9 Å². The number of rotatable bonds is 2. The van der Waals surface area contributed by atoms with Crippen LogP contribution in [-0.4, -0.2) is 11.8 Å². The molecule has 0 aromatic carbocycles. The third-order valence-corrected chi connectivity index (χ3v) is 2.76. The van der Waals surface area contributed by atoms with Crippen molar-refractivity contribution >= 4 is 15.9 Å². The van der Waals surface area contributed by atoms with Crippen LogP contribution in [-0.2, 0) is 0 Å². The van der Waals surface area contributed by atoms with Crippen LogP contribution in [0.2, 0.25) is 0 Å². The molecule has 0 aliphatic heterocycles. The van der Waals surface area contributed by atoms with Gasteiger partial charge in [-0.3, -0.25) is 0 Å². The zero-order chi connectivity index (χ0) is 6.85. The summed E-state index contributed by atoms with van der Waals surface area (Å²) in [6.45, 7) is 0. The molecule has 0 atom stereocenters. The van der Waals surface area contributed by atoms with E-state index in [1.165, 1.54) is 0 Å². The minimum absolute atomic E-state index is 0.299. The molecule has 3 heteroatoms. The second-order valence-electron chi connectivity index (χ2n) is 2.59. The van der Waals surface area contributed by atoms with Crippen molar-refractivity contribution in [3.8, 4) is 0 Å². The molecule has 1 aliphatic carbocycles. The normalized spacial score (nSPS) is 34.7. The fourth-order valence-electron chi connectivity index (χ4n) is 1.12. The lowest BCUT2D eigenvalue weighted by Gasteiger charge is -2.33. The summed E-state index contributed by atoms with van der Waals surface area (Å²) in [6, 6.07) is 0. The maximum Gasteiger partial charge on any atom is 0.241 e. The molecular weight excluding hydrogens is 190 g/mol. The standard InChI is InChI=1S/C6H9BrF2/c7-3-4-1-5(2-4)6(8)9/h4-6H,1-3H2. The van der Waals surface area contributed by atoms with Crippen LogP contribution in [0, 0.1) is 11.8 Å². The molecule has 0 saturated heterocycles. The van der Waals surface area contributed by atoms with Gasteiger partial charge in [0.25, 0.3) is 0 Å². The van der Waals surface area contributed by atoms with Gasteiger partial charge in [-0.05, 0) is 18.8 Å². The van der Waals surface area contributed by atoms with Gasteiger partial charge in [-0.15, -0.1) is 0 Å². The van der Waals surface area contributed by atoms with E-state index in [1.807, 2.05) is 0 Å². The Balaban J connectivity index is 2.12. The van der Waals surface area contributed by atoms with Gasteiger partial charge >= 0.3 is 0 Å². The Morgan fingerprint density at radius 3 is 2.33 bits per heavy atom. The molecule has 0 heterocycles. The van der Waals surface area contributed by atoms with Crippen LogP contribution in [0.4, 0.5) is 8.78 Å². The highest BCUT2D eigenvalue weighted by Gasteiger charge is 2.34. The largest absolute Gasteiger partial charge is 0.241 e. The molecule has 54 valence electrons. The molecular formula is C6H9BrF2. The molecule has 0 radical (unpaired) electrons. The summed E-state index contributed by atoms with van der Waals surface area (Å²) < 4.78 is 23.5. The highest BCUT2D eigenvalue weighted by atomic mass is 79.9. The number of hydrogen-bond donors (Lipinski definition) is 0. The van der Waals surface area contributed by atoms with Gasteiger partial charge in [-0.2, -0.15) is 0 Å². The molecule has 1 aliphatic rings. The monoisotopic (exact) mass is 198 g/mol. The lowest BCUT2D eigenvalue weighted by molar-refractivity contribution is 0.00948. The smallest absolute Gasteiger partial charge is 0.210 e. The van der Waals surface area contributed by atoms with Gasteiger partial charge in [0, 0.05) is 11.2 Å². The van der Waals surface area contributed by atoms with E-state index in [9.17, 15) is 8.78 Å². The number of alkyl halides is 3. The van der Waals surface area contributed by atoms with E-state index in [1.54, 1.807) is 0 Å². The Morgan fingerprint density at radius 1 is 1.44 bits per heavy atom. The maximum atomic E-state index is 11.8. The van der Waals surface area contributed by atoms with Crippen molar-refractivity contribution in [2.75, 3.05) is 5.33 Å². The first-order valence-electron chi connectivity index (χ1n) is 3.08. The van der Waals surface area contributed by atoms with Crippen LogP contribution < -0.4 is 0 Å². The van der Waals surface area contributed by atoms with Crippen molar-refractivity contribution in [3.05, 3.63) is 0 Å². The van der Waals surface area contributed by atoms with Gasteiger partial charge in [0.2, 0.25) is 6.43 Å². The van der Waals surface area contributed by atoms with Crippen LogP contribution in [0.3, 0.4) is 0 Å². The minimum atomic E-state index is -2.08. The summed E-state index contributed by atoms with van der Waals surface area (Å²) in [7, 11) is 0. The molecule has 0 spiro atoms. The number of hydrogen-bond acceptors (Lipinski definition) is 0. The van der Waals surface area contributed by atoms with E-state index in [2.05, 4.69) is 15.9 Å². The second kappa shape index (κ2) is 2.95. The highest BCUT2D eigenvalue weighted by Crippen LogP contribution is 2.38. The first-order valence-corrected chi connectivity index (χ1v) is 4.20. The summed E-state index contributed by atoms with van der Waals surface area (Å²) in [4.78, 5) is 0. The van der Waals surface area contributed by atoms with Crippen molar-refractivity contribution in [1.29, 1.82) is 0 Å². The van der Waals surface area contributed by atoms with Crippen molar-refractivity contribution in [1.82, 2.24) is 0 Å². The number of halogens is 3. The van der Waals surface area contributed by atoms with Crippen LogP contribution in [0.5, 0.6) is 0 Å². The third-order valence-electron chi connectivity index (χ3n) is 1.85. The van der Waals surface area contributed by atoms with Gasteiger partial charge in [-0.25, -0.2) is 8.78 Å². The molecule has 1 rings (SSSR count). The topological polar surface area (TPSA) is 0 Å². The molecule has 1 saturated carbocycles. The fourth-order valence-corrected chi connectivity index (χ4v) is 1.65. The van der Waals surface area contributed by atoms with Crippen LogP contribution in [0.25, 0.3) is 0 Å². The van der Waals surface area contributed by atoms with E-state index < -0.39 is 6.43 Å². The molecule has 0 unspecified atom stereocenters. The molecule has 0 nitrogen and oxygen atoms in total. The van der Waals surface area contributed by atoms with E-state index >= 15 is 0 Å². The highest BCUT2D eigenvalue weighted by molar-refractivity contribution is 9.09. The average Bonchev–Trinajstić information content (AvgIpc) is 1.61. The van der Waals surface area contributed by atoms with Gasteiger partial charge in [0.1, 0.15) is 0 Å².